The molecule has 0 fully saturated rings. The molecule has 1 aromatic carbocycles. The van der Waals surface area contributed by atoms with Crippen LogP contribution in [0.15, 0.2) is 35.1 Å². The fourth-order valence-corrected chi connectivity index (χ4v) is 2.89. The molecule has 0 N–H and O–H groups in total. The minimum Gasteiger partial charge on any atom is -0.283 e. The first-order valence-corrected chi connectivity index (χ1v) is 7.63. The van der Waals surface area contributed by atoms with E-state index in [1.165, 1.54) is 12.0 Å². The highest BCUT2D eigenvalue weighted by Gasteiger charge is 2.16. The summed E-state index contributed by atoms with van der Waals surface area (Å²) in [5, 5.41) is 4.52. The molecule has 0 saturated carbocycles. The molecule has 0 saturated heterocycles. The maximum absolute atomic E-state index is 12.4. The van der Waals surface area contributed by atoms with Crippen molar-refractivity contribution in [3.05, 3.63) is 52.2 Å². The van der Waals surface area contributed by atoms with Crippen LogP contribution in [0, 0.1) is 0 Å². The van der Waals surface area contributed by atoms with Crippen molar-refractivity contribution < 1.29 is 0 Å². The van der Waals surface area contributed by atoms with E-state index in [-0.39, 0.29) is 5.69 Å². The van der Waals surface area contributed by atoms with E-state index in [9.17, 15) is 4.79 Å². The highest BCUT2D eigenvalue weighted by atomic mass is 16.2. The Hall–Kier alpha value is -1.88. The summed E-state index contributed by atoms with van der Waals surface area (Å²) < 4.78 is 3.45. The maximum atomic E-state index is 12.4. The molecule has 21 heavy (non-hydrogen) atoms. The van der Waals surface area contributed by atoms with Gasteiger partial charge in [0.1, 0.15) is 5.82 Å². The Morgan fingerprint density at radius 2 is 2.00 bits per heavy atom. The Labute approximate surface area is 124 Å². The van der Waals surface area contributed by atoms with Gasteiger partial charge in [0, 0.05) is 19.5 Å². The molecule has 2 aromatic rings. The quantitative estimate of drug-likeness (QED) is 0.861. The molecule has 0 amide bonds. The van der Waals surface area contributed by atoms with Gasteiger partial charge in [-0.25, -0.2) is 4.79 Å². The summed E-state index contributed by atoms with van der Waals surface area (Å²) in [6.07, 6.45) is 4.33. The van der Waals surface area contributed by atoms with Gasteiger partial charge < -0.3 is 0 Å². The van der Waals surface area contributed by atoms with E-state index in [1.54, 1.807) is 4.68 Å². The molecule has 112 valence electrons. The van der Waals surface area contributed by atoms with Gasteiger partial charge in [-0.2, -0.15) is 9.78 Å². The summed E-state index contributed by atoms with van der Waals surface area (Å²) in [5.74, 6) is 0.950. The van der Waals surface area contributed by atoms with Crippen molar-refractivity contribution in [1.82, 2.24) is 19.2 Å². The van der Waals surface area contributed by atoms with E-state index in [1.807, 2.05) is 29.8 Å². The van der Waals surface area contributed by atoms with Crippen LogP contribution in [-0.4, -0.2) is 26.3 Å². The van der Waals surface area contributed by atoms with Crippen molar-refractivity contribution in [1.29, 1.82) is 0 Å². The van der Waals surface area contributed by atoms with Gasteiger partial charge >= 0.3 is 5.69 Å². The van der Waals surface area contributed by atoms with Gasteiger partial charge in [-0.15, -0.1) is 0 Å². The van der Waals surface area contributed by atoms with E-state index in [4.69, 9.17) is 0 Å². The first-order chi connectivity index (χ1) is 10.2. The van der Waals surface area contributed by atoms with Crippen molar-refractivity contribution in [2.45, 2.75) is 45.4 Å². The third kappa shape index (κ3) is 3.24. The van der Waals surface area contributed by atoms with Crippen LogP contribution in [0.4, 0.5) is 0 Å². The Balaban J connectivity index is 1.72. The lowest BCUT2D eigenvalue weighted by atomic mass is 10.2. The van der Waals surface area contributed by atoms with Gasteiger partial charge in [0.15, 0.2) is 0 Å². The van der Waals surface area contributed by atoms with Crippen LogP contribution >= 0.6 is 0 Å². The summed E-state index contributed by atoms with van der Waals surface area (Å²) >= 11 is 0. The second kappa shape index (κ2) is 6.26. The molecule has 0 unspecified atom stereocenters. The molecule has 0 atom stereocenters. The van der Waals surface area contributed by atoms with Gasteiger partial charge in [0.2, 0.25) is 0 Å². The zero-order chi connectivity index (χ0) is 14.7. The Morgan fingerprint density at radius 3 is 2.81 bits per heavy atom. The molecule has 5 heteroatoms. The molecule has 1 aromatic heterocycles. The number of aromatic nitrogens is 3. The van der Waals surface area contributed by atoms with Crippen molar-refractivity contribution >= 4 is 0 Å². The average Bonchev–Trinajstić information content (AvgIpc) is 2.67. The Morgan fingerprint density at radius 1 is 1.19 bits per heavy atom. The van der Waals surface area contributed by atoms with Crippen molar-refractivity contribution in [2.24, 2.45) is 0 Å². The lowest BCUT2D eigenvalue weighted by molar-refractivity contribution is 0.240. The number of rotatable bonds is 4. The molecule has 1 aliphatic rings. The van der Waals surface area contributed by atoms with Crippen LogP contribution in [0.3, 0.4) is 0 Å². The molecule has 3 rings (SSSR count). The third-order valence-corrected chi connectivity index (χ3v) is 3.95. The average molecular weight is 286 g/mol. The highest BCUT2D eigenvalue weighted by Crippen LogP contribution is 2.10. The maximum Gasteiger partial charge on any atom is 0.347 e. The number of nitrogens with zero attached hydrogens (tertiary/aromatic N) is 4. The zero-order valence-electron chi connectivity index (χ0n) is 12.5. The van der Waals surface area contributed by atoms with Gasteiger partial charge in [-0.3, -0.25) is 9.47 Å². The van der Waals surface area contributed by atoms with Crippen LogP contribution in [0.2, 0.25) is 0 Å². The fourth-order valence-electron chi connectivity index (χ4n) is 2.89. The highest BCUT2D eigenvalue weighted by molar-refractivity contribution is 5.14. The summed E-state index contributed by atoms with van der Waals surface area (Å²) in [7, 11) is 2.02. The van der Waals surface area contributed by atoms with Crippen molar-refractivity contribution in [2.75, 3.05) is 7.05 Å². The molecular weight excluding hydrogens is 264 g/mol. The third-order valence-electron chi connectivity index (χ3n) is 3.95. The normalized spacial score (nSPS) is 15.0. The van der Waals surface area contributed by atoms with Crippen LogP contribution in [0.1, 0.15) is 30.7 Å². The summed E-state index contributed by atoms with van der Waals surface area (Å²) in [6, 6.07) is 10.3. The van der Waals surface area contributed by atoms with Crippen LogP contribution < -0.4 is 5.69 Å². The largest absolute Gasteiger partial charge is 0.347 e. The minimum absolute atomic E-state index is 0.0341. The topological polar surface area (TPSA) is 43.1 Å². The molecule has 0 bridgehead atoms. The van der Waals surface area contributed by atoms with Crippen molar-refractivity contribution in [3.63, 3.8) is 0 Å². The zero-order valence-corrected chi connectivity index (χ0v) is 12.5. The second-order valence-electron chi connectivity index (χ2n) is 5.80. The smallest absolute Gasteiger partial charge is 0.283 e. The number of hydrogen-bond acceptors (Lipinski definition) is 3. The monoisotopic (exact) mass is 286 g/mol. The molecule has 0 spiro atoms. The predicted octanol–water partition coefficient (Wildman–Crippen LogP) is 1.86. The fraction of sp³-hybridized carbons (Fsp3) is 0.500. The van der Waals surface area contributed by atoms with Crippen molar-refractivity contribution in [3.8, 4) is 0 Å². The Bertz CT molecular complexity index is 644. The van der Waals surface area contributed by atoms with Gasteiger partial charge in [0.25, 0.3) is 0 Å². The molecule has 1 aliphatic heterocycles. The summed E-state index contributed by atoms with van der Waals surface area (Å²) in [5.41, 5.74) is 1.28. The van der Waals surface area contributed by atoms with Crippen LogP contribution in [0.25, 0.3) is 0 Å². The van der Waals surface area contributed by atoms with Crippen LogP contribution in [0.5, 0.6) is 0 Å². The number of benzene rings is 1. The SMILES string of the molecule is CN(Cc1ccccc1)Cn1nc2n(c1=O)CCCCC2. The lowest BCUT2D eigenvalue weighted by Crippen LogP contribution is -2.31. The van der Waals surface area contributed by atoms with Crippen LogP contribution in [-0.2, 0) is 26.2 Å². The standard InChI is InChI=1S/C16H22N4O/c1-18(12-14-8-4-2-5-9-14)13-20-16(21)19-11-7-3-6-10-15(19)17-20/h2,4-5,8-9H,3,6-7,10-13H2,1H3. The predicted molar refractivity (Wildman–Crippen MR) is 82.0 cm³/mol. The minimum atomic E-state index is 0.0341. The molecular formula is C16H22N4O. The Kier molecular flexibility index (Phi) is 4.20. The molecule has 5 nitrogen and oxygen atoms in total. The van der Waals surface area contributed by atoms with Gasteiger partial charge in [-0.1, -0.05) is 36.8 Å². The lowest BCUT2D eigenvalue weighted by Gasteiger charge is -2.15. The molecule has 0 aliphatic carbocycles. The number of hydrogen-bond donors (Lipinski definition) is 0. The van der Waals surface area contributed by atoms with E-state index >= 15 is 0 Å². The van der Waals surface area contributed by atoms with E-state index in [0.717, 1.165) is 38.2 Å². The summed E-state index contributed by atoms with van der Waals surface area (Å²) in [6.45, 7) is 2.17. The van der Waals surface area contributed by atoms with E-state index < -0.39 is 0 Å². The second-order valence-corrected chi connectivity index (χ2v) is 5.80. The van der Waals surface area contributed by atoms with E-state index in [2.05, 4.69) is 22.1 Å². The first kappa shape index (κ1) is 14.1. The first-order valence-electron chi connectivity index (χ1n) is 7.63. The van der Waals surface area contributed by atoms with Gasteiger partial charge in [0.05, 0.1) is 6.67 Å². The number of aryl methyl sites for hydroxylation is 1. The van der Waals surface area contributed by atoms with E-state index in [0.29, 0.717) is 6.67 Å². The van der Waals surface area contributed by atoms with Gasteiger partial charge in [-0.05, 0) is 25.5 Å². The molecule has 0 radical (unpaired) electrons. The molecule has 2 heterocycles. The number of fused-ring (bicyclic) bond motifs is 1. The summed E-state index contributed by atoms with van der Waals surface area (Å²) in [4.78, 5) is 14.5.